The maximum absolute atomic E-state index is 12.6. The Morgan fingerprint density at radius 3 is 2.20 bits per heavy atom. The number of nitrogens with two attached hydrogens (primary N) is 1. The van der Waals surface area contributed by atoms with Crippen molar-refractivity contribution in [3.05, 3.63) is 29.6 Å². The van der Waals surface area contributed by atoms with E-state index in [4.69, 9.17) is 5.73 Å². The van der Waals surface area contributed by atoms with Gasteiger partial charge < -0.3 is 10.7 Å². The second-order valence-corrected chi connectivity index (χ2v) is 4.16. The van der Waals surface area contributed by atoms with Gasteiger partial charge in [-0.3, -0.25) is 0 Å². The Hall–Kier alpha value is -1.77. The summed E-state index contributed by atoms with van der Waals surface area (Å²) < 4.78 is 75.6. The van der Waals surface area contributed by atoms with E-state index in [0.717, 1.165) is 0 Å². The lowest BCUT2D eigenvalue weighted by Gasteiger charge is -2.20. The number of nitrogens with zero attached hydrogens (tertiary/aromatic N) is 1. The van der Waals surface area contributed by atoms with E-state index in [0.29, 0.717) is 5.56 Å². The van der Waals surface area contributed by atoms with E-state index in [1.54, 1.807) is 0 Å². The fraction of sp³-hybridized carbons (Fsp3) is 0.364. The van der Waals surface area contributed by atoms with Crippen LogP contribution in [0.5, 0.6) is 0 Å². The first-order chi connectivity index (χ1) is 9.14. The normalized spacial score (nSPS) is 13.4. The lowest BCUT2D eigenvalue weighted by molar-refractivity contribution is -0.255. The summed E-state index contributed by atoms with van der Waals surface area (Å²) in [7, 11) is 0. The number of H-pyrrole nitrogens is 1. The molecule has 0 amide bonds. The van der Waals surface area contributed by atoms with E-state index in [-0.39, 0.29) is 17.6 Å². The van der Waals surface area contributed by atoms with E-state index >= 15 is 0 Å². The zero-order valence-corrected chi connectivity index (χ0v) is 9.81. The van der Waals surface area contributed by atoms with Crippen LogP contribution in [0.25, 0.3) is 11.0 Å². The zero-order chi connectivity index (χ0) is 15.1. The molecular weight excluding hydrogens is 288 g/mol. The SMILES string of the molecule is NCc1cccc2[nH]c(C(C(F)(F)F)C(F)(F)F)nc12. The van der Waals surface area contributed by atoms with Gasteiger partial charge in [-0.25, -0.2) is 4.98 Å². The third-order valence-corrected chi connectivity index (χ3v) is 2.76. The van der Waals surface area contributed by atoms with Crippen molar-refractivity contribution in [1.29, 1.82) is 0 Å². The standard InChI is InChI=1S/C11H9F6N3/c12-10(13,14)8(11(15,16)17)9-19-6-3-1-2-5(4-18)7(6)20-9/h1-3,8H,4,18H2,(H,19,20). The minimum absolute atomic E-state index is 0.0171. The van der Waals surface area contributed by atoms with E-state index in [1.165, 1.54) is 18.2 Å². The molecule has 0 atom stereocenters. The van der Waals surface area contributed by atoms with Crippen LogP contribution in [-0.4, -0.2) is 22.3 Å². The van der Waals surface area contributed by atoms with Crippen LogP contribution in [0.4, 0.5) is 26.3 Å². The number of hydrogen-bond donors (Lipinski definition) is 2. The van der Waals surface area contributed by atoms with E-state index < -0.39 is 24.1 Å². The van der Waals surface area contributed by atoms with Crippen LogP contribution >= 0.6 is 0 Å². The second-order valence-electron chi connectivity index (χ2n) is 4.16. The molecule has 1 aromatic heterocycles. The Bertz CT molecular complexity index is 599. The van der Waals surface area contributed by atoms with Gasteiger partial charge in [0.05, 0.1) is 11.0 Å². The minimum atomic E-state index is -5.48. The van der Waals surface area contributed by atoms with Crippen molar-refractivity contribution in [2.24, 2.45) is 5.73 Å². The molecule has 3 nitrogen and oxygen atoms in total. The molecule has 0 radical (unpaired) electrons. The van der Waals surface area contributed by atoms with Gasteiger partial charge in [0.15, 0.2) is 0 Å². The van der Waals surface area contributed by atoms with Crippen LogP contribution in [0.3, 0.4) is 0 Å². The molecule has 9 heteroatoms. The first-order valence-corrected chi connectivity index (χ1v) is 5.45. The zero-order valence-electron chi connectivity index (χ0n) is 9.81. The number of rotatable bonds is 2. The molecule has 0 bridgehead atoms. The molecule has 0 aliphatic heterocycles. The van der Waals surface area contributed by atoms with Gasteiger partial charge in [-0.05, 0) is 11.6 Å². The Morgan fingerprint density at radius 1 is 1.10 bits per heavy atom. The van der Waals surface area contributed by atoms with Crippen LogP contribution in [0.2, 0.25) is 0 Å². The molecule has 0 spiro atoms. The smallest absolute Gasteiger partial charge is 0.341 e. The summed E-state index contributed by atoms with van der Waals surface area (Å²) in [6.45, 7) is -0.0374. The Kier molecular flexibility index (Phi) is 3.41. The molecule has 0 aliphatic carbocycles. The van der Waals surface area contributed by atoms with Crippen LogP contribution in [0, 0.1) is 0 Å². The first kappa shape index (κ1) is 14.6. The molecule has 2 aromatic rings. The number of imidazole rings is 1. The summed E-state index contributed by atoms with van der Waals surface area (Å²) in [5.74, 6) is -4.83. The molecule has 1 aromatic carbocycles. The van der Waals surface area contributed by atoms with Crippen LogP contribution in [-0.2, 0) is 6.54 Å². The summed E-state index contributed by atoms with van der Waals surface area (Å²) >= 11 is 0. The molecule has 0 saturated heterocycles. The number of alkyl halides is 6. The third-order valence-electron chi connectivity index (χ3n) is 2.76. The van der Waals surface area contributed by atoms with Crippen molar-refractivity contribution < 1.29 is 26.3 Å². The maximum Gasteiger partial charge on any atom is 0.407 e. The quantitative estimate of drug-likeness (QED) is 0.836. The predicted molar refractivity (Wildman–Crippen MR) is 58.8 cm³/mol. The average Bonchev–Trinajstić information content (AvgIpc) is 2.66. The highest BCUT2D eigenvalue weighted by atomic mass is 19.4. The summed E-state index contributed by atoms with van der Waals surface area (Å²) in [4.78, 5) is 5.52. The number of halogens is 6. The van der Waals surface area contributed by atoms with Gasteiger partial charge in [0, 0.05) is 6.54 Å². The fourth-order valence-electron chi connectivity index (χ4n) is 1.91. The maximum atomic E-state index is 12.6. The van der Waals surface area contributed by atoms with Crippen molar-refractivity contribution in [2.45, 2.75) is 24.8 Å². The predicted octanol–water partition coefficient (Wildman–Crippen LogP) is 3.23. The topological polar surface area (TPSA) is 54.7 Å². The van der Waals surface area contributed by atoms with E-state index in [2.05, 4.69) is 9.97 Å². The lowest BCUT2D eigenvalue weighted by Crippen LogP contribution is -2.34. The van der Waals surface area contributed by atoms with Crippen molar-refractivity contribution in [3.63, 3.8) is 0 Å². The monoisotopic (exact) mass is 297 g/mol. The van der Waals surface area contributed by atoms with Crippen molar-refractivity contribution in [2.75, 3.05) is 0 Å². The van der Waals surface area contributed by atoms with E-state index in [1.807, 2.05) is 0 Å². The highest BCUT2D eigenvalue weighted by Crippen LogP contribution is 2.45. The van der Waals surface area contributed by atoms with Crippen LogP contribution in [0.15, 0.2) is 18.2 Å². The number of hydrogen-bond acceptors (Lipinski definition) is 2. The fourth-order valence-corrected chi connectivity index (χ4v) is 1.91. The van der Waals surface area contributed by atoms with Gasteiger partial charge in [0.1, 0.15) is 5.82 Å². The van der Waals surface area contributed by atoms with Gasteiger partial charge in [0.2, 0.25) is 5.92 Å². The molecule has 110 valence electrons. The summed E-state index contributed by atoms with van der Waals surface area (Å²) in [5.41, 5.74) is 5.84. The van der Waals surface area contributed by atoms with Gasteiger partial charge in [0.25, 0.3) is 0 Å². The number of aromatic nitrogens is 2. The van der Waals surface area contributed by atoms with Crippen molar-refractivity contribution >= 4 is 11.0 Å². The Labute approximate surface area is 108 Å². The summed E-state index contributed by atoms with van der Waals surface area (Å²) in [5, 5.41) is 0. The van der Waals surface area contributed by atoms with Crippen molar-refractivity contribution in [3.8, 4) is 0 Å². The van der Waals surface area contributed by atoms with Gasteiger partial charge >= 0.3 is 12.4 Å². The largest absolute Gasteiger partial charge is 0.407 e. The number of fused-ring (bicyclic) bond motifs is 1. The highest BCUT2D eigenvalue weighted by Gasteiger charge is 2.59. The van der Waals surface area contributed by atoms with Crippen molar-refractivity contribution in [1.82, 2.24) is 9.97 Å². The van der Waals surface area contributed by atoms with E-state index in [9.17, 15) is 26.3 Å². The molecule has 2 rings (SSSR count). The Morgan fingerprint density at radius 2 is 1.70 bits per heavy atom. The number of nitrogens with one attached hydrogen (secondary N) is 1. The molecule has 0 saturated carbocycles. The Balaban J connectivity index is 2.61. The number of aromatic amines is 1. The molecule has 20 heavy (non-hydrogen) atoms. The lowest BCUT2D eigenvalue weighted by atomic mass is 10.1. The summed E-state index contributed by atoms with van der Waals surface area (Å²) in [6.07, 6.45) is -11.0. The molecular formula is C11H9F6N3. The molecule has 1 heterocycles. The first-order valence-electron chi connectivity index (χ1n) is 5.45. The molecule has 0 aliphatic rings. The van der Waals surface area contributed by atoms with Crippen LogP contribution in [0.1, 0.15) is 17.3 Å². The number of benzene rings is 1. The van der Waals surface area contributed by atoms with Gasteiger partial charge in [-0.1, -0.05) is 12.1 Å². The minimum Gasteiger partial charge on any atom is -0.341 e. The average molecular weight is 297 g/mol. The molecule has 3 N–H and O–H groups in total. The number of para-hydroxylation sites is 1. The third kappa shape index (κ3) is 2.58. The second kappa shape index (κ2) is 4.65. The van der Waals surface area contributed by atoms with Crippen LogP contribution < -0.4 is 5.73 Å². The highest BCUT2D eigenvalue weighted by molar-refractivity contribution is 5.78. The molecule has 0 unspecified atom stereocenters. The van der Waals surface area contributed by atoms with Gasteiger partial charge in [-0.2, -0.15) is 26.3 Å². The van der Waals surface area contributed by atoms with Gasteiger partial charge in [-0.15, -0.1) is 0 Å². The molecule has 0 fully saturated rings. The summed E-state index contributed by atoms with van der Waals surface area (Å²) in [6, 6.07) is 4.31.